The number of thioether (sulfide) groups is 1. The van der Waals surface area contributed by atoms with Gasteiger partial charge in [0.2, 0.25) is 0 Å². The minimum atomic E-state index is -0.232. The molecule has 2 aromatic rings. The van der Waals surface area contributed by atoms with Crippen molar-refractivity contribution in [1.29, 1.82) is 0 Å². The number of nitrogens with one attached hydrogen (secondary N) is 1. The van der Waals surface area contributed by atoms with E-state index in [0.717, 1.165) is 39.4 Å². The van der Waals surface area contributed by atoms with Crippen molar-refractivity contribution in [3.8, 4) is 0 Å². The van der Waals surface area contributed by atoms with E-state index in [-0.39, 0.29) is 11.8 Å². The number of allylic oxidation sites excluding steroid dienone is 4. The predicted molar refractivity (Wildman–Crippen MR) is 143 cm³/mol. The number of imide groups is 1. The highest BCUT2D eigenvalue weighted by Crippen LogP contribution is 2.43. The average molecular weight is 476 g/mol. The zero-order valence-electron chi connectivity index (χ0n) is 20.3. The molecule has 2 aliphatic rings. The summed E-state index contributed by atoms with van der Waals surface area (Å²) in [5.41, 5.74) is 3.54. The van der Waals surface area contributed by atoms with Crippen LogP contribution in [0, 0.1) is 5.92 Å². The molecule has 1 fully saturated rings. The van der Waals surface area contributed by atoms with E-state index in [4.69, 9.17) is 0 Å². The number of rotatable bonds is 11. The second-order valence-electron chi connectivity index (χ2n) is 9.08. The summed E-state index contributed by atoms with van der Waals surface area (Å²) in [5, 5.41) is 4.96. The number of anilines is 1. The summed E-state index contributed by atoms with van der Waals surface area (Å²) in [6.07, 6.45) is 11.7. The Kier molecular flexibility index (Phi) is 7.59. The molecule has 34 heavy (non-hydrogen) atoms. The maximum absolute atomic E-state index is 13.4. The zero-order valence-corrected chi connectivity index (χ0v) is 21.1. The van der Waals surface area contributed by atoms with Crippen molar-refractivity contribution >= 4 is 40.0 Å². The molecule has 1 heterocycles. The fourth-order valence-corrected chi connectivity index (χ4v) is 5.57. The van der Waals surface area contributed by atoms with Crippen LogP contribution in [0.3, 0.4) is 0 Å². The number of hydrogen-bond acceptors (Lipinski definition) is 5. The van der Waals surface area contributed by atoms with Gasteiger partial charge in [-0.05, 0) is 69.9 Å². The van der Waals surface area contributed by atoms with Crippen LogP contribution in [0.25, 0.3) is 10.8 Å². The van der Waals surface area contributed by atoms with Crippen LogP contribution >= 0.6 is 11.8 Å². The molecule has 1 aliphatic carbocycles. The van der Waals surface area contributed by atoms with Gasteiger partial charge in [0, 0.05) is 34.7 Å². The summed E-state index contributed by atoms with van der Waals surface area (Å²) in [7, 11) is 3.87. The predicted octanol–water partition coefficient (Wildman–Crippen LogP) is 5.95. The van der Waals surface area contributed by atoms with Gasteiger partial charge >= 0.3 is 0 Å². The lowest BCUT2D eigenvalue weighted by Gasteiger charge is -2.29. The molecular formula is C28H33N3O2S. The molecule has 178 valence electrons. The van der Waals surface area contributed by atoms with Gasteiger partial charge in [-0.2, -0.15) is 0 Å². The third-order valence-corrected chi connectivity index (χ3v) is 7.47. The van der Waals surface area contributed by atoms with E-state index in [2.05, 4.69) is 30.1 Å². The molecule has 0 bridgehead atoms. The molecule has 0 spiro atoms. The molecule has 6 heteroatoms. The summed E-state index contributed by atoms with van der Waals surface area (Å²) in [5.74, 6) is 1.21. The number of likely N-dealkylation sites (N-methyl/N-ethyl adjacent to an activating group) is 1. The Morgan fingerprint density at radius 3 is 2.68 bits per heavy atom. The summed E-state index contributed by atoms with van der Waals surface area (Å²) in [6.45, 7) is 6.87. The van der Waals surface area contributed by atoms with Crippen LogP contribution in [-0.4, -0.2) is 54.6 Å². The van der Waals surface area contributed by atoms with Crippen molar-refractivity contribution in [3.05, 3.63) is 72.0 Å². The Balaban J connectivity index is 1.70. The molecule has 0 aromatic heterocycles. The SMILES string of the molecule is C=CNc1cc2c3c(cccc3c1SCC/C(=C\C=C/C)C1CC1)C(=O)N(CCN(C)C)C2=O. The van der Waals surface area contributed by atoms with E-state index in [1.807, 2.05) is 50.2 Å². The number of benzene rings is 2. The third-order valence-electron chi connectivity index (χ3n) is 6.33. The molecule has 0 atom stereocenters. The van der Waals surface area contributed by atoms with Crippen LogP contribution in [0.1, 0.15) is 46.9 Å². The molecule has 1 N–H and O–H groups in total. The topological polar surface area (TPSA) is 52.7 Å². The highest BCUT2D eigenvalue weighted by molar-refractivity contribution is 7.99. The fraction of sp³-hybridized carbons (Fsp3) is 0.357. The number of amides is 2. The molecule has 0 saturated heterocycles. The first-order valence-electron chi connectivity index (χ1n) is 11.9. The van der Waals surface area contributed by atoms with Crippen molar-refractivity contribution < 1.29 is 9.59 Å². The normalized spacial score (nSPS) is 16.2. The van der Waals surface area contributed by atoms with E-state index >= 15 is 0 Å². The second kappa shape index (κ2) is 10.6. The lowest BCUT2D eigenvalue weighted by Crippen LogP contribution is -2.43. The van der Waals surface area contributed by atoms with Gasteiger partial charge in [0.1, 0.15) is 0 Å². The van der Waals surface area contributed by atoms with Crippen LogP contribution in [0.4, 0.5) is 5.69 Å². The summed E-state index contributed by atoms with van der Waals surface area (Å²) in [4.78, 5) is 31.1. The molecule has 2 aromatic carbocycles. The second-order valence-corrected chi connectivity index (χ2v) is 10.2. The Hall–Kier alpha value is -2.83. The van der Waals surface area contributed by atoms with Crippen LogP contribution < -0.4 is 5.32 Å². The van der Waals surface area contributed by atoms with Gasteiger partial charge < -0.3 is 10.2 Å². The first-order chi connectivity index (χ1) is 16.5. The Labute approximate surface area is 206 Å². The fourth-order valence-electron chi connectivity index (χ4n) is 4.43. The van der Waals surface area contributed by atoms with Gasteiger partial charge in [0.15, 0.2) is 0 Å². The molecule has 4 rings (SSSR count). The zero-order chi connectivity index (χ0) is 24.2. The van der Waals surface area contributed by atoms with Gasteiger partial charge in [0.05, 0.1) is 11.3 Å². The Bertz CT molecular complexity index is 1180. The number of carbonyl (C=O) groups is 2. The van der Waals surface area contributed by atoms with Gasteiger partial charge in [-0.25, -0.2) is 0 Å². The maximum atomic E-state index is 13.4. The molecule has 2 amide bonds. The first kappa shape index (κ1) is 24.3. The van der Waals surface area contributed by atoms with Crippen molar-refractivity contribution in [1.82, 2.24) is 9.80 Å². The van der Waals surface area contributed by atoms with E-state index in [1.54, 1.807) is 18.0 Å². The number of carbonyl (C=O) groups excluding carboxylic acids is 2. The van der Waals surface area contributed by atoms with E-state index in [9.17, 15) is 9.59 Å². The van der Waals surface area contributed by atoms with Gasteiger partial charge in [-0.15, -0.1) is 11.8 Å². The largest absolute Gasteiger partial charge is 0.361 e. The van der Waals surface area contributed by atoms with Crippen molar-refractivity contribution in [2.45, 2.75) is 31.1 Å². The third kappa shape index (κ3) is 4.98. The lowest BCUT2D eigenvalue weighted by molar-refractivity contribution is 0.0601. The minimum Gasteiger partial charge on any atom is -0.361 e. The van der Waals surface area contributed by atoms with Crippen LogP contribution in [0.2, 0.25) is 0 Å². The standard InChI is InChI=1S/C28H33N3O2S/c1-5-7-9-19(20-12-13-20)14-17-34-26-21-10-8-11-22-25(21)23(18-24(26)29-6-2)28(33)31(27(22)32)16-15-30(3)4/h5-11,18,20,29H,2,12-17H2,1,3-4H3/b7-5-,19-9+. The van der Waals surface area contributed by atoms with E-state index < -0.39 is 0 Å². The molecule has 0 unspecified atom stereocenters. The number of nitrogens with zero attached hydrogens (tertiary/aromatic N) is 2. The molecule has 5 nitrogen and oxygen atoms in total. The van der Waals surface area contributed by atoms with Crippen LogP contribution in [0.15, 0.2) is 65.7 Å². The highest BCUT2D eigenvalue weighted by atomic mass is 32.2. The van der Waals surface area contributed by atoms with E-state index in [0.29, 0.717) is 24.2 Å². The van der Waals surface area contributed by atoms with Gasteiger partial charge in [-0.1, -0.05) is 42.5 Å². The van der Waals surface area contributed by atoms with Crippen molar-refractivity contribution in [2.75, 3.05) is 38.3 Å². The molecule has 1 aliphatic heterocycles. The van der Waals surface area contributed by atoms with Gasteiger partial charge in [0.25, 0.3) is 11.8 Å². The summed E-state index contributed by atoms with van der Waals surface area (Å²) in [6, 6.07) is 7.67. The Morgan fingerprint density at radius 2 is 2.00 bits per heavy atom. The quantitative estimate of drug-likeness (QED) is 0.247. The monoisotopic (exact) mass is 475 g/mol. The summed E-state index contributed by atoms with van der Waals surface area (Å²) < 4.78 is 0. The number of hydrogen-bond donors (Lipinski definition) is 1. The Morgan fingerprint density at radius 1 is 1.24 bits per heavy atom. The molecular weight excluding hydrogens is 442 g/mol. The highest BCUT2D eigenvalue weighted by Gasteiger charge is 2.34. The maximum Gasteiger partial charge on any atom is 0.261 e. The molecule has 1 saturated carbocycles. The first-order valence-corrected chi connectivity index (χ1v) is 12.9. The average Bonchev–Trinajstić information content (AvgIpc) is 3.66. The molecule has 0 radical (unpaired) electrons. The van der Waals surface area contributed by atoms with Crippen molar-refractivity contribution in [2.24, 2.45) is 5.92 Å². The minimum absolute atomic E-state index is 0.212. The van der Waals surface area contributed by atoms with Gasteiger partial charge in [-0.3, -0.25) is 14.5 Å². The summed E-state index contributed by atoms with van der Waals surface area (Å²) >= 11 is 1.77. The van der Waals surface area contributed by atoms with E-state index in [1.165, 1.54) is 23.3 Å². The smallest absolute Gasteiger partial charge is 0.261 e. The lowest BCUT2D eigenvalue weighted by atomic mass is 9.93. The van der Waals surface area contributed by atoms with Crippen molar-refractivity contribution in [3.63, 3.8) is 0 Å². The van der Waals surface area contributed by atoms with Crippen LogP contribution in [-0.2, 0) is 0 Å². The van der Waals surface area contributed by atoms with Crippen LogP contribution in [0.5, 0.6) is 0 Å².